The third kappa shape index (κ3) is 4.41. The van der Waals surface area contributed by atoms with E-state index in [1.807, 2.05) is 78.2 Å². The Kier molecular flexibility index (Phi) is 6.31. The van der Waals surface area contributed by atoms with Crippen LogP contribution in [0.3, 0.4) is 0 Å². The smallest absolute Gasteiger partial charge is 0.341 e. The normalized spacial score (nSPS) is 10.8. The number of methoxy groups -OCH3 is 1. The maximum absolute atomic E-state index is 13.6. The SMILES string of the molecule is COC(=O)c1c(-c2ccccc2)csc1NC(=O)c1cc(-c2ccccc2Cl)nc2ccccc12. The number of nitrogens with one attached hydrogen (secondary N) is 1. The Morgan fingerprint density at radius 1 is 0.914 bits per heavy atom. The average molecular weight is 499 g/mol. The fourth-order valence-corrected chi connectivity index (χ4v) is 5.11. The highest BCUT2D eigenvalue weighted by Gasteiger charge is 2.24. The van der Waals surface area contributed by atoms with E-state index in [1.165, 1.54) is 18.4 Å². The highest BCUT2D eigenvalue weighted by Crippen LogP contribution is 2.37. The lowest BCUT2D eigenvalue weighted by molar-refractivity contribution is 0.0603. The van der Waals surface area contributed by atoms with Gasteiger partial charge in [-0.3, -0.25) is 4.79 Å². The van der Waals surface area contributed by atoms with Gasteiger partial charge in [0, 0.05) is 26.9 Å². The zero-order valence-corrected chi connectivity index (χ0v) is 20.2. The number of carbonyl (C=O) groups is 2. The number of esters is 1. The molecule has 0 bridgehead atoms. The maximum atomic E-state index is 13.6. The summed E-state index contributed by atoms with van der Waals surface area (Å²) in [6.07, 6.45) is 0. The van der Waals surface area contributed by atoms with Crippen LogP contribution in [0.4, 0.5) is 5.00 Å². The van der Waals surface area contributed by atoms with Gasteiger partial charge >= 0.3 is 5.97 Å². The molecule has 0 saturated heterocycles. The second-order valence-electron chi connectivity index (χ2n) is 7.72. The van der Waals surface area contributed by atoms with Gasteiger partial charge in [-0.25, -0.2) is 9.78 Å². The van der Waals surface area contributed by atoms with E-state index in [2.05, 4.69) is 5.32 Å². The van der Waals surface area contributed by atoms with Crippen molar-refractivity contribution in [1.82, 2.24) is 4.98 Å². The van der Waals surface area contributed by atoms with Crippen molar-refractivity contribution in [3.63, 3.8) is 0 Å². The predicted molar refractivity (Wildman–Crippen MR) is 141 cm³/mol. The number of amides is 1. The Morgan fingerprint density at radius 3 is 2.40 bits per heavy atom. The quantitative estimate of drug-likeness (QED) is 0.258. The summed E-state index contributed by atoms with van der Waals surface area (Å²) >= 11 is 7.69. The van der Waals surface area contributed by atoms with Crippen molar-refractivity contribution < 1.29 is 14.3 Å². The molecule has 1 amide bonds. The minimum atomic E-state index is -0.517. The predicted octanol–water partition coefficient (Wildman–Crippen LogP) is 7.32. The molecule has 0 radical (unpaired) electrons. The molecule has 0 aliphatic rings. The number of para-hydroxylation sites is 1. The van der Waals surface area contributed by atoms with Gasteiger partial charge in [0.15, 0.2) is 0 Å². The van der Waals surface area contributed by atoms with Crippen LogP contribution in [-0.2, 0) is 4.74 Å². The van der Waals surface area contributed by atoms with Crippen LogP contribution < -0.4 is 5.32 Å². The van der Waals surface area contributed by atoms with Crippen LogP contribution in [0.15, 0.2) is 90.3 Å². The number of nitrogens with zero attached hydrogens (tertiary/aromatic N) is 1. The number of anilines is 1. The monoisotopic (exact) mass is 498 g/mol. The van der Waals surface area contributed by atoms with Gasteiger partial charge < -0.3 is 10.1 Å². The molecule has 0 spiro atoms. The number of aromatic nitrogens is 1. The van der Waals surface area contributed by atoms with Crippen molar-refractivity contribution in [3.05, 3.63) is 106 Å². The Labute approximate surface area is 211 Å². The standard InChI is InChI=1S/C28H19ClN2O3S/c1-34-28(33)25-21(17-9-3-2-4-10-17)16-35-27(25)31-26(32)20-15-24(19-12-5-7-13-22(19)29)30-23-14-8-6-11-18(20)23/h2-16H,1H3,(H,31,32). The number of fused-ring (bicyclic) bond motifs is 1. The molecule has 5 rings (SSSR count). The van der Waals surface area contributed by atoms with Crippen molar-refractivity contribution >= 4 is 50.7 Å². The van der Waals surface area contributed by atoms with Gasteiger partial charge in [-0.05, 0) is 23.8 Å². The molecule has 0 unspecified atom stereocenters. The van der Waals surface area contributed by atoms with Crippen LogP contribution in [-0.4, -0.2) is 24.0 Å². The number of halogens is 1. The lowest BCUT2D eigenvalue weighted by Gasteiger charge is -2.12. The van der Waals surface area contributed by atoms with Gasteiger partial charge in [0.2, 0.25) is 0 Å². The number of pyridine rings is 1. The molecule has 2 aromatic heterocycles. The van der Waals surface area contributed by atoms with Crippen LogP contribution in [0.5, 0.6) is 0 Å². The topological polar surface area (TPSA) is 68.3 Å². The highest BCUT2D eigenvalue weighted by atomic mass is 35.5. The third-order valence-electron chi connectivity index (χ3n) is 5.60. The van der Waals surface area contributed by atoms with Gasteiger partial charge in [-0.1, -0.05) is 78.3 Å². The third-order valence-corrected chi connectivity index (χ3v) is 6.83. The molecular weight excluding hydrogens is 480 g/mol. The van der Waals surface area contributed by atoms with Gasteiger partial charge in [-0.15, -0.1) is 11.3 Å². The number of benzene rings is 3. The first-order valence-electron chi connectivity index (χ1n) is 10.8. The highest BCUT2D eigenvalue weighted by molar-refractivity contribution is 7.15. The van der Waals surface area contributed by atoms with Gasteiger partial charge in [-0.2, -0.15) is 0 Å². The molecule has 35 heavy (non-hydrogen) atoms. The number of carbonyl (C=O) groups excluding carboxylic acids is 2. The summed E-state index contributed by atoms with van der Waals surface area (Å²) in [5, 5.41) is 6.43. The summed E-state index contributed by atoms with van der Waals surface area (Å²) in [6, 6.07) is 26.0. The van der Waals surface area contributed by atoms with E-state index < -0.39 is 5.97 Å². The number of ether oxygens (including phenoxy) is 1. The van der Waals surface area contributed by atoms with E-state index in [-0.39, 0.29) is 5.91 Å². The summed E-state index contributed by atoms with van der Waals surface area (Å²) in [5.41, 5.74) is 4.29. The van der Waals surface area contributed by atoms with Crippen molar-refractivity contribution in [2.24, 2.45) is 0 Å². The van der Waals surface area contributed by atoms with Crippen LogP contribution in [0, 0.1) is 0 Å². The van der Waals surface area contributed by atoms with Gasteiger partial charge in [0.1, 0.15) is 10.6 Å². The second kappa shape index (κ2) is 9.70. The van der Waals surface area contributed by atoms with E-state index in [4.69, 9.17) is 21.3 Å². The molecule has 172 valence electrons. The first-order valence-corrected chi connectivity index (χ1v) is 12.0. The molecule has 5 nitrogen and oxygen atoms in total. The van der Waals surface area contributed by atoms with Crippen molar-refractivity contribution in [2.75, 3.05) is 12.4 Å². The summed E-state index contributed by atoms with van der Waals surface area (Å²) in [7, 11) is 1.33. The Bertz CT molecular complexity index is 1560. The lowest BCUT2D eigenvalue weighted by atomic mass is 10.0. The van der Waals surface area contributed by atoms with Gasteiger partial charge in [0.25, 0.3) is 5.91 Å². The summed E-state index contributed by atoms with van der Waals surface area (Å²) in [6.45, 7) is 0. The molecule has 0 aliphatic carbocycles. The number of thiophene rings is 1. The molecule has 2 heterocycles. The Hall–Kier alpha value is -4.00. The lowest BCUT2D eigenvalue weighted by Crippen LogP contribution is -2.15. The van der Waals surface area contributed by atoms with E-state index in [0.29, 0.717) is 43.3 Å². The summed E-state index contributed by atoms with van der Waals surface area (Å²) in [4.78, 5) is 31.0. The van der Waals surface area contributed by atoms with Crippen LogP contribution in [0.25, 0.3) is 33.3 Å². The van der Waals surface area contributed by atoms with E-state index in [1.54, 1.807) is 12.1 Å². The molecule has 0 fully saturated rings. The number of rotatable bonds is 5. The molecule has 0 atom stereocenters. The van der Waals surface area contributed by atoms with Gasteiger partial charge in [0.05, 0.1) is 23.9 Å². The minimum Gasteiger partial charge on any atom is -0.465 e. The Balaban J connectivity index is 1.60. The van der Waals surface area contributed by atoms with Crippen molar-refractivity contribution in [2.45, 2.75) is 0 Å². The molecule has 7 heteroatoms. The zero-order valence-electron chi connectivity index (χ0n) is 18.6. The van der Waals surface area contributed by atoms with Crippen molar-refractivity contribution in [1.29, 1.82) is 0 Å². The first kappa shape index (κ1) is 22.8. The largest absolute Gasteiger partial charge is 0.465 e. The molecule has 3 aromatic carbocycles. The number of hydrogen-bond donors (Lipinski definition) is 1. The van der Waals surface area contributed by atoms with Crippen LogP contribution >= 0.6 is 22.9 Å². The van der Waals surface area contributed by atoms with Crippen LogP contribution in [0.2, 0.25) is 5.02 Å². The van der Waals surface area contributed by atoms with E-state index in [0.717, 1.165) is 11.1 Å². The van der Waals surface area contributed by atoms with E-state index in [9.17, 15) is 9.59 Å². The fourth-order valence-electron chi connectivity index (χ4n) is 3.93. The second-order valence-corrected chi connectivity index (χ2v) is 9.00. The minimum absolute atomic E-state index is 0.321. The summed E-state index contributed by atoms with van der Waals surface area (Å²) < 4.78 is 5.04. The number of hydrogen-bond acceptors (Lipinski definition) is 5. The summed E-state index contributed by atoms with van der Waals surface area (Å²) in [5.74, 6) is -0.875. The Morgan fingerprint density at radius 2 is 1.63 bits per heavy atom. The average Bonchev–Trinajstić information content (AvgIpc) is 3.31. The van der Waals surface area contributed by atoms with Crippen molar-refractivity contribution in [3.8, 4) is 22.4 Å². The molecule has 0 aliphatic heterocycles. The molecule has 1 N–H and O–H groups in total. The fraction of sp³-hybridized carbons (Fsp3) is 0.0357. The van der Waals surface area contributed by atoms with Crippen LogP contribution in [0.1, 0.15) is 20.7 Å². The maximum Gasteiger partial charge on any atom is 0.341 e. The van der Waals surface area contributed by atoms with E-state index >= 15 is 0 Å². The molecule has 0 saturated carbocycles. The zero-order chi connectivity index (χ0) is 24.4. The first-order chi connectivity index (χ1) is 17.1. The molecular formula is C28H19ClN2O3S. The molecule has 5 aromatic rings.